The van der Waals surface area contributed by atoms with Crippen molar-refractivity contribution in [2.24, 2.45) is 11.3 Å². The van der Waals surface area contributed by atoms with Crippen molar-refractivity contribution in [3.63, 3.8) is 0 Å². The summed E-state index contributed by atoms with van der Waals surface area (Å²) in [6, 6.07) is 2.03. The SMILES string of the molecule is CC(NC(CC(C)(C)C)C(=O)N1CCC(C#N)CC1)c1c[nH]c2ncc(C3CC3)nc12. The largest absolute Gasteiger partial charge is 0.344 e. The first-order chi connectivity index (χ1) is 14.7. The Balaban J connectivity index is 1.52. The number of piperidine rings is 1. The number of nitrogens with zero attached hydrogens (tertiary/aromatic N) is 4. The number of aromatic nitrogens is 3. The summed E-state index contributed by atoms with van der Waals surface area (Å²) in [6.07, 6.45) is 8.52. The maximum atomic E-state index is 13.4. The van der Waals surface area contributed by atoms with E-state index in [1.165, 1.54) is 12.8 Å². The van der Waals surface area contributed by atoms with Crippen LogP contribution >= 0.6 is 0 Å². The van der Waals surface area contributed by atoms with E-state index >= 15 is 0 Å². The van der Waals surface area contributed by atoms with Gasteiger partial charge < -0.3 is 9.88 Å². The van der Waals surface area contributed by atoms with Crippen LogP contribution in [0, 0.1) is 22.7 Å². The van der Waals surface area contributed by atoms with Gasteiger partial charge in [0.05, 0.1) is 24.0 Å². The molecular formula is C24H34N6O. The number of H-pyrrole nitrogens is 1. The minimum absolute atomic E-state index is 0.0111. The first-order valence-corrected chi connectivity index (χ1v) is 11.5. The molecular weight excluding hydrogens is 388 g/mol. The van der Waals surface area contributed by atoms with Crippen molar-refractivity contribution in [3.8, 4) is 6.07 Å². The summed E-state index contributed by atoms with van der Waals surface area (Å²) in [5.74, 6) is 0.764. The van der Waals surface area contributed by atoms with Gasteiger partial charge in [0, 0.05) is 42.7 Å². The van der Waals surface area contributed by atoms with Crippen LogP contribution in [0.1, 0.15) is 83.0 Å². The van der Waals surface area contributed by atoms with E-state index in [1.807, 2.05) is 17.3 Å². The Morgan fingerprint density at radius 1 is 1.32 bits per heavy atom. The lowest BCUT2D eigenvalue weighted by molar-refractivity contribution is -0.135. The van der Waals surface area contributed by atoms with Crippen LogP contribution in [0.5, 0.6) is 0 Å². The van der Waals surface area contributed by atoms with Gasteiger partial charge in [-0.05, 0) is 44.4 Å². The molecule has 4 rings (SSSR count). The summed E-state index contributed by atoms with van der Waals surface area (Å²) >= 11 is 0. The topological polar surface area (TPSA) is 97.7 Å². The fraction of sp³-hybridized carbons (Fsp3) is 0.667. The third-order valence-electron chi connectivity index (χ3n) is 6.45. The van der Waals surface area contributed by atoms with Crippen molar-refractivity contribution in [3.05, 3.63) is 23.7 Å². The molecule has 1 aliphatic heterocycles. The van der Waals surface area contributed by atoms with Crippen LogP contribution in [0.25, 0.3) is 11.2 Å². The second kappa shape index (κ2) is 8.58. The highest BCUT2D eigenvalue weighted by atomic mass is 16.2. The maximum Gasteiger partial charge on any atom is 0.239 e. The van der Waals surface area contributed by atoms with E-state index in [2.05, 4.69) is 49.0 Å². The van der Waals surface area contributed by atoms with Crippen LogP contribution in [0.3, 0.4) is 0 Å². The van der Waals surface area contributed by atoms with Gasteiger partial charge in [0.2, 0.25) is 5.91 Å². The van der Waals surface area contributed by atoms with Crippen molar-refractivity contribution in [1.82, 2.24) is 25.2 Å². The highest BCUT2D eigenvalue weighted by Gasteiger charge is 2.33. The van der Waals surface area contributed by atoms with Crippen molar-refractivity contribution in [1.29, 1.82) is 5.26 Å². The lowest BCUT2D eigenvalue weighted by atomic mass is 9.86. The number of carbonyl (C=O) groups excluding carboxylic acids is 1. The third-order valence-corrected chi connectivity index (χ3v) is 6.45. The van der Waals surface area contributed by atoms with Gasteiger partial charge in [0.15, 0.2) is 5.65 Å². The quantitative estimate of drug-likeness (QED) is 0.732. The van der Waals surface area contributed by atoms with Gasteiger partial charge in [0.1, 0.15) is 5.52 Å². The van der Waals surface area contributed by atoms with E-state index in [1.54, 1.807) is 0 Å². The summed E-state index contributed by atoms with van der Waals surface area (Å²) in [6.45, 7) is 9.93. The van der Waals surface area contributed by atoms with Crippen molar-refractivity contribution < 1.29 is 4.79 Å². The maximum absolute atomic E-state index is 13.4. The van der Waals surface area contributed by atoms with Crippen molar-refractivity contribution in [2.75, 3.05) is 13.1 Å². The van der Waals surface area contributed by atoms with Crippen LogP contribution in [-0.4, -0.2) is 44.9 Å². The van der Waals surface area contributed by atoms with E-state index < -0.39 is 0 Å². The van der Waals surface area contributed by atoms with E-state index in [4.69, 9.17) is 10.2 Å². The number of nitrogens with one attached hydrogen (secondary N) is 2. The standard InChI is InChI=1S/C24H34N6O/c1-15(18-13-26-22-21(18)29-20(14-27-22)17-5-6-17)28-19(11-24(2,3)4)23(31)30-9-7-16(12-25)8-10-30/h13-17,19,28H,5-11H2,1-4H3,(H,26,27). The van der Waals surface area contributed by atoms with Gasteiger partial charge >= 0.3 is 0 Å². The minimum atomic E-state index is -0.279. The molecule has 166 valence electrons. The zero-order valence-electron chi connectivity index (χ0n) is 19.1. The van der Waals surface area contributed by atoms with Crippen LogP contribution in [-0.2, 0) is 4.79 Å². The molecule has 0 bridgehead atoms. The number of aromatic amines is 1. The first kappa shape index (κ1) is 21.8. The van der Waals surface area contributed by atoms with Gasteiger partial charge in [-0.1, -0.05) is 20.8 Å². The van der Waals surface area contributed by atoms with E-state index in [0.29, 0.717) is 19.0 Å². The van der Waals surface area contributed by atoms with Crippen molar-refractivity contribution >= 4 is 17.1 Å². The minimum Gasteiger partial charge on any atom is -0.344 e. The molecule has 0 radical (unpaired) electrons. The Morgan fingerprint density at radius 3 is 2.65 bits per heavy atom. The molecule has 2 N–H and O–H groups in total. The van der Waals surface area contributed by atoms with Crippen LogP contribution in [0.2, 0.25) is 0 Å². The van der Waals surface area contributed by atoms with E-state index in [0.717, 1.165) is 41.7 Å². The Bertz CT molecular complexity index is 972. The number of amides is 1. The Hall–Kier alpha value is -2.46. The molecule has 7 heteroatoms. The first-order valence-electron chi connectivity index (χ1n) is 11.5. The zero-order chi connectivity index (χ0) is 22.2. The molecule has 0 spiro atoms. The summed E-state index contributed by atoms with van der Waals surface area (Å²) in [5, 5.41) is 12.8. The van der Waals surface area contributed by atoms with Gasteiger partial charge in [-0.3, -0.25) is 10.1 Å². The molecule has 1 amide bonds. The summed E-state index contributed by atoms with van der Waals surface area (Å²) in [7, 11) is 0. The van der Waals surface area contributed by atoms with E-state index in [-0.39, 0.29) is 29.3 Å². The van der Waals surface area contributed by atoms with Crippen LogP contribution in [0.4, 0.5) is 0 Å². The monoisotopic (exact) mass is 422 g/mol. The van der Waals surface area contributed by atoms with Gasteiger partial charge in [-0.25, -0.2) is 9.97 Å². The molecule has 0 aromatic carbocycles. The average Bonchev–Trinajstić information content (AvgIpc) is 3.50. The molecule has 7 nitrogen and oxygen atoms in total. The Labute approximate surface area is 184 Å². The molecule has 31 heavy (non-hydrogen) atoms. The van der Waals surface area contributed by atoms with Crippen molar-refractivity contribution in [2.45, 2.75) is 77.8 Å². The number of fused-ring (bicyclic) bond motifs is 1. The lowest BCUT2D eigenvalue weighted by Crippen LogP contribution is -2.50. The summed E-state index contributed by atoms with van der Waals surface area (Å²) < 4.78 is 0. The predicted molar refractivity (Wildman–Crippen MR) is 120 cm³/mol. The van der Waals surface area contributed by atoms with Gasteiger partial charge in [-0.15, -0.1) is 0 Å². The van der Waals surface area contributed by atoms with Gasteiger partial charge in [-0.2, -0.15) is 5.26 Å². The number of likely N-dealkylation sites (tertiary alicyclic amines) is 1. The molecule has 2 aromatic heterocycles. The van der Waals surface area contributed by atoms with E-state index in [9.17, 15) is 4.79 Å². The molecule has 2 unspecified atom stereocenters. The number of carbonyl (C=O) groups is 1. The second-order valence-electron chi connectivity index (χ2n) is 10.4. The molecule has 3 heterocycles. The molecule has 2 aromatic rings. The number of hydrogen-bond donors (Lipinski definition) is 2. The summed E-state index contributed by atoms with van der Waals surface area (Å²) in [5.41, 5.74) is 3.84. The normalized spacial score (nSPS) is 19.9. The lowest BCUT2D eigenvalue weighted by Gasteiger charge is -2.35. The fourth-order valence-electron chi connectivity index (χ4n) is 4.50. The molecule has 2 fully saturated rings. The highest BCUT2D eigenvalue weighted by molar-refractivity contribution is 5.82. The number of rotatable bonds is 6. The third kappa shape index (κ3) is 5.07. The van der Waals surface area contributed by atoms with Crippen LogP contribution < -0.4 is 5.32 Å². The zero-order valence-corrected chi connectivity index (χ0v) is 19.1. The van der Waals surface area contributed by atoms with Gasteiger partial charge in [0.25, 0.3) is 0 Å². The summed E-state index contributed by atoms with van der Waals surface area (Å²) in [4.78, 5) is 28.1. The molecule has 2 atom stereocenters. The molecule has 2 aliphatic rings. The second-order valence-corrected chi connectivity index (χ2v) is 10.4. The molecule has 1 aliphatic carbocycles. The Kier molecular flexibility index (Phi) is 6.02. The Morgan fingerprint density at radius 2 is 2.03 bits per heavy atom. The average molecular weight is 423 g/mol. The number of nitriles is 1. The highest BCUT2D eigenvalue weighted by Crippen LogP contribution is 2.39. The molecule has 1 saturated heterocycles. The smallest absolute Gasteiger partial charge is 0.239 e. The molecule has 1 saturated carbocycles. The fourth-order valence-corrected chi connectivity index (χ4v) is 4.50. The van der Waals surface area contributed by atoms with Crippen LogP contribution in [0.15, 0.2) is 12.4 Å². The predicted octanol–water partition coefficient (Wildman–Crippen LogP) is 4.05. The number of hydrogen-bond acceptors (Lipinski definition) is 5.